The van der Waals surface area contributed by atoms with Gasteiger partial charge in [0.15, 0.2) is 0 Å². The largest absolute Gasteiger partial charge is 0.464 e. The Morgan fingerprint density at radius 1 is 0.250 bits per heavy atom. The number of ether oxygens (including phenoxy) is 6. The van der Waals surface area contributed by atoms with Crippen LogP contribution in [0.5, 0.6) is 0 Å². The minimum Gasteiger partial charge on any atom is -0.464 e. The van der Waals surface area contributed by atoms with Crippen LogP contribution in [0.1, 0.15) is 413 Å². The van der Waals surface area contributed by atoms with Gasteiger partial charge in [0, 0.05) is 77.7 Å². The fourth-order valence-electron chi connectivity index (χ4n) is 13.8. The molecule has 20 nitrogen and oxygen atoms in total. The van der Waals surface area contributed by atoms with E-state index in [9.17, 15) is 43.2 Å². The van der Waals surface area contributed by atoms with Gasteiger partial charge < -0.3 is 54.2 Å². The van der Waals surface area contributed by atoms with Crippen LogP contribution >= 0.6 is 0 Å². The maximum absolute atomic E-state index is 13.9. The minimum atomic E-state index is -0.898. The van der Waals surface area contributed by atoms with E-state index >= 15 is 0 Å². The minimum absolute atomic E-state index is 0.00186. The van der Waals surface area contributed by atoms with E-state index in [1.54, 1.807) is 4.90 Å². The monoisotopic (exact) mass is 1740 g/mol. The van der Waals surface area contributed by atoms with Gasteiger partial charge >= 0.3 is 23.9 Å². The number of esters is 4. The number of rotatable bonds is 92. The summed E-state index contributed by atoms with van der Waals surface area (Å²) in [5.74, 6) is -2.83. The molecule has 0 radical (unpaired) electrons. The number of unbranched alkanes of at least 4 members (excludes halogenated alkanes) is 33. The van der Waals surface area contributed by atoms with Crippen LogP contribution in [0.25, 0.3) is 0 Å². The third kappa shape index (κ3) is 85.8. The summed E-state index contributed by atoms with van der Waals surface area (Å²) < 4.78 is 33.6. The third-order valence-electron chi connectivity index (χ3n) is 21.5. The van der Waals surface area contributed by atoms with Gasteiger partial charge in [0.1, 0.15) is 32.5 Å². The standard InChI is InChI=1S/C104H181N5O15/c1-6-11-15-19-23-27-31-35-39-43-47-51-55-59-63-77-100(114)121-89-83-108(84-90-122-101(115)78-64-60-56-52-48-44-40-36-32-28-24-20-16-12-7-2)98(112)75-69-73-96(110)105-81-68-67-72-95(104(118)106-82-71-88-120-94-93-119-87-10-5)107-97(111)74-70-76-99(113)109(85-91-123-102(116)79-65-61-57-53-49-45-41-37-33-29-25-21-17-13-8-3)86-92-124-103(117)80-66-62-58-54-50-46-42-38-34-30-26-22-18-14-9-4/h23-30,35-42,95H,6-22,31-34,43-94H2,1-5H3,(H,105,110)(H,106,118)(H,107,111)/b27-23-,28-24-,29-25-,30-26-,39-35-,40-36-,41-37-,42-38-/t95-/m0/s1. The molecular formula is C104H181N5O15. The molecular weight excluding hydrogens is 1560 g/mol. The molecule has 0 aromatic rings. The number of allylic oxidation sites excluding steroid dienone is 16. The Labute approximate surface area is 755 Å². The Balaban J connectivity index is 5.71. The van der Waals surface area contributed by atoms with Crippen molar-refractivity contribution in [3.8, 4) is 0 Å². The van der Waals surface area contributed by atoms with Gasteiger partial charge in [-0.2, -0.15) is 0 Å². The molecule has 0 aromatic heterocycles. The van der Waals surface area contributed by atoms with Crippen LogP contribution in [0.15, 0.2) is 97.2 Å². The Morgan fingerprint density at radius 2 is 0.540 bits per heavy atom. The van der Waals surface area contributed by atoms with E-state index < -0.39 is 11.9 Å². The number of carbonyl (C=O) groups excluding carboxylic acids is 9. The second-order valence-electron chi connectivity index (χ2n) is 33.1. The molecule has 20 heteroatoms. The van der Waals surface area contributed by atoms with Gasteiger partial charge in [-0.15, -0.1) is 0 Å². The van der Waals surface area contributed by atoms with Gasteiger partial charge in [-0.25, -0.2) is 0 Å². The number of carbonyl (C=O) groups is 9. The van der Waals surface area contributed by atoms with Gasteiger partial charge in [0.05, 0.1) is 39.4 Å². The highest BCUT2D eigenvalue weighted by Gasteiger charge is 2.23. The lowest BCUT2D eigenvalue weighted by atomic mass is 10.1. The van der Waals surface area contributed by atoms with Crippen LogP contribution in [-0.4, -0.2) is 161 Å². The SMILES string of the molecule is CCCCC/C=C\C/C=C\CCCCCCCC(=O)OCCN(CCOC(=O)CCCCCCC/C=C\C/C=C\CCCCC)C(=O)CCCC(=O)NCCCC[C@H](NC(=O)CCCC(=O)N(CCOC(=O)CCCCCCC/C=C\C/C=C\CCCCC)CCOC(=O)CCCCCCC/C=C\C/C=C\CCCCC)C(=O)NCCCOCCOCCC. The van der Waals surface area contributed by atoms with Gasteiger partial charge in [-0.05, 0) is 199 Å². The Hall–Kier alpha value is -6.93. The molecule has 0 saturated heterocycles. The highest BCUT2D eigenvalue weighted by molar-refractivity contribution is 5.88. The molecule has 712 valence electrons. The quantitative estimate of drug-likeness (QED) is 0.0222. The molecule has 0 rings (SSSR count). The fraction of sp³-hybridized carbons (Fsp3) is 0.760. The van der Waals surface area contributed by atoms with Crippen molar-refractivity contribution in [2.75, 3.05) is 92.1 Å². The Bertz CT molecular complexity index is 2690. The zero-order valence-corrected chi connectivity index (χ0v) is 79.5. The average molecular weight is 1740 g/mol. The number of hydrogen-bond donors (Lipinski definition) is 3. The number of hydrogen-bond acceptors (Lipinski definition) is 15. The van der Waals surface area contributed by atoms with Crippen molar-refractivity contribution in [1.82, 2.24) is 25.8 Å². The second kappa shape index (κ2) is 95.2. The Morgan fingerprint density at radius 3 is 0.863 bits per heavy atom. The first kappa shape index (κ1) is 117. The molecule has 0 aromatic carbocycles. The van der Waals surface area contributed by atoms with E-state index in [2.05, 4.69) is 141 Å². The third-order valence-corrected chi connectivity index (χ3v) is 21.5. The summed E-state index contributed by atoms with van der Waals surface area (Å²) in [4.78, 5) is 123. The summed E-state index contributed by atoms with van der Waals surface area (Å²) in [5.41, 5.74) is 0. The predicted octanol–water partition coefficient (Wildman–Crippen LogP) is 24.1. The first-order valence-electron chi connectivity index (χ1n) is 50.2. The topological polar surface area (TPSA) is 252 Å². The molecule has 124 heavy (non-hydrogen) atoms. The average Bonchev–Trinajstić information content (AvgIpc) is 0.918. The molecule has 0 bridgehead atoms. The van der Waals surface area contributed by atoms with Crippen molar-refractivity contribution in [3.63, 3.8) is 0 Å². The second-order valence-corrected chi connectivity index (χ2v) is 33.1. The van der Waals surface area contributed by atoms with Gasteiger partial charge in [0.25, 0.3) is 0 Å². The highest BCUT2D eigenvalue weighted by Crippen LogP contribution is 2.17. The summed E-state index contributed by atoms with van der Waals surface area (Å²) in [6.45, 7) is 13.9. The lowest BCUT2D eigenvalue weighted by molar-refractivity contribution is -0.148. The van der Waals surface area contributed by atoms with Crippen molar-refractivity contribution >= 4 is 53.4 Å². The fourth-order valence-corrected chi connectivity index (χ4v) is 13.8. The van der Waals surface area contributed by atoms with Crippen LogP contribution in [0.3, 0.4) is 0 Å². The molecule has 0 aliphatic carbocycles. The normalized spacial score (nSPS) is 12.1. The van der Waals surface area contributed by atoms with Crippen molar-refractivity contribution in [2.24, 2.45) is 0 Å². The zero-order chi connectivity index (χ0) is 90.2. The smallest absolute Gasteiger partial charge is 0.305 e. The van der Waals surface area contributed by atoms with E-state index in [0.29, 0.717) is 71.6 Å². The lowest BCUT2D eigenvalue weighted by Gasteiger charge is -2.23. The van der Waals surface area contributed by atoms with Crippen LogP contribution in [0.2, 0.25) is 0 Å². The van der Waals surface area contributed by atoms with E-state index in [4.69, 9.17) is 28.4 Å². The van der Waals surface area contributed by atoms with E-state index in [0.717, 1.165) is 212 Å². The van der Waals surface area contributed by atoms with Gasteiger partial charge in [-0.3, -0.25) is 43.2 Å². The highest BCUT2D eigenvalue weighted by atomic mass is 16.5. The molecule has 5 amide bonds. The molecule has 1 atom stereocenters. The van der Waals surface area contributed by atoms with Crippen LogP contribution in [0, 0.1) is 0 Å². The molecule has 0 spiro atoms. The first-order chi connectivity index (χ1) is 60.8. The van der Waals surface area contributed by atoms with Crippen LogP contribution in [-0.2, 0) is 71.6 Å². The maximum atomic E-state index is 13.9. The first-order valence-corrected chi connectivity index (χ1v) is 50.2. The molecule has 0 aliphatic rings. The van der Waals surface area contributed by atoms with E-state index in [-0.39, 0.29) is 158 Å². The van der Waals surface area contributed by atoms with Gasteiger partial charge in [0.2, 0.25) is 29.5 Å². The van der Waals surface area contributed by atoms with Crippen molar-refractivity contribution < 1.29 is 71.6 Å². The summed E-state index contributed by atoms with van der Waals surface area (Å²) in [6.07, 6.45) is 87.9. The number of nitrogens with zero attached hydrogens (tertiary/aromatic N) is 2. The summed E-state index contributed by atoms with van der Waals surface area (Å²) in [5, 5.41) is 8.77. The van der Waals surface area contributed by atoms with Crippen molar-refractivity contribution in [2.45, 2.75) is 419 Å². The summed E-state index contributed by atoms with van der Waals surface area (Å²) in [6, 6.07) is -0.898. The Kier molecular flexibility index (Phi) is 89.9. The van der Waals surface area contributed by atoms with E-state index in [1.165, 1.54) is 81.9 Å². The lowest BCUT2D eigenvalue weighted by Crippen LogP contribution is -2.47. The van der Waals surface area contributed by atoms with Crippen LogP contribution in [0.4, 0.5) is 0 Å². The molecule has 0 fully saturated rings. The summed E-state index contributed by atoms with van der Waals surface area (Å²) in [7, 11) is 0. The van der Waals surface area contributed by atoms with Crippen LogP contribution < -0.4 is 16.0 Å². The van der Waals surface area contributed by atoms with Gasteiger partial charge in [-0.1, -0.05) is 260 Å². The number of amides is 5. The predicted molar refractivity (Wildman–Crippen MR) is 510 cm³/mol. The summed E-state index contributed by atoms with van der Waals surface area (Å²) >= 11 is 0. The van der Waals surface area contributed by atoms with E-state index in [1.807, 2.05) is 6.92 Å². The molecule has 0 unspecified atom stereocenters. The molecule has 0 heterocycles. The maximum Gasteiger partial charge on any atom is 0.305 e. The molecule has 3 N–H and O–H groups in total. The molecule has 0 saturated carbocycles. The number of nitrogens with one attached hydrogen (secondary N) is 3. The molecule has 0 aliphatic heterocycles. The van der Waals surface area contributed by atoms with Crippen molar-refractivity contribution in [1.29, 1.82) is 0 Å². The zero-order valence-electron chi connectivity index (χ0n) is 79.5. The van der Waals surface area contributed by atoms with Crippen molar-refractivity contribution in [3.05, 3.63) is 97.2 Å².